The summed E-state index contributed by atoms with van der Waals surface area (Å²) in [7, 11) is 0. The van der Waals surface area contributed by atoms with E-state index in [4.69, 9.17) is 9.47 Å². The number of rotatable bonds is 11. The molecule has 9 heteroatoms. The van der Waals surface area contributed by atoms with E-state index in [1.165, 1.54) is 19.3 Å². The van der Waals surface area contributed by atoms with Crippen molar-refractivity contribution in [2.24, 2.45) is 23.7 Å². The number of hydrogen-bond donors (Lipinski definition) is 4. The highest BCUT2D eigenvalue weighted by Gasteiger charge is 2.51. The quantitative estimate of drug-likeness (QED) is 0.114. The molecule has 4 aliphatic carbocycles. The number of aliphatic hydroxyl groups is 1. The second-order valence-electron chi connectivity index (χ2n) is 15.7. The Morgan fingerprint density at radius 1 is 0.811 bits per heavy atom. The minimum Gasteiger partial charge on any atom is -0.478 e. The van der Waals surface area contributed by atoms with E-state index in [1.54, 1.807) is 23.9 Å². The lowest BCUT2D eigenvalue weighted by Gasteiger charge is -2.56. The molecule has 9 rings (SSSR count). The van der Waals surface area contributed by atoms with Crippen molar-refractivity contribution in [2.45, 2.75) is 87.5 Å². The van der Waals surface area contributed by atoms with Gasteiger partial charge in [0.15, 0.2) is 6.29 Å². The molecule has 1 aliphatic heterocycles. The van der Waals surface area contributed by atoms with Gasteiger partial charge in [-0.1, -0.05) is 79.7 Å². The molecule has 1 heterocycles. The molecule has 4 aromatic carbocycles. The predicted octanol–water partition coefficient (Wildman–Crippen LogP) is 8.90. The molecule has 4 atom stereocenters. The first-order chi connectivity index (χ1) is 25.7. The topological polar surface area (TPSA) is 117 Å². The molecule has 4 bridgehead atoms. The lowest BCUT2D eigenvalue weighted by molar-refractivity contribution is -0.268. The molecule has 5 aliphatic rings. The van der Waals surface area contributed by atoms with Crippen molar-refractivity contribution in [3.05, 3.63) is 125 Å². The van der Waals surface area contributed by atoms with E-state index in [-0.39, 0.29) is 41.9 Å². The Bertz CT molecular complexity index is 1880. The van der Waals surface area contributed by atoms with Gasteiger partial charge in [0.1, 0.15) is 0 Å². The summed E-state index contributed by atoms with van der Waals surface area (Å²) < 4.78 is 13.4. The number of hydrogen-bond acceptors (Lipinski definition) is 6. The van der Waals surface area contributed by atoms with E-state index in [0.29, 0.717) is 12.3 Å². The molecule has 4 N–H and O–H groups in total. The molecular formula is C44H48N2O6S. The lowest BCUT2D eigenvalue weighted by Crippen LogP contribution is -2.61. The number of ether oxygens (including phenoxy) is 2. The van der Waals surface area contributed by atoms with Crippen LogP contribution in [0.15, 0.2) is 102 Å². The molecule has 4 unspecified atom stereocenters. The summed E-state index contributed by atoms with van der Waals surface area (Å²) in [6, 6.07) is 31.3. The first-order valence-electron chi connectivity index (χ1n) is 19.0. The third-order valence-electron chi connectivity index (χ3n) is 12.0. The number of carbonyl (C=O) groups excluding carboxylic acids is 1. The van der Waals surface area contributed by atoms with Crippen LogP contribution in [0.25, 0.3) is 11.1 Å². The van der Waals surface area contributed by atoms with Gasteiger partial charge in [-0.15, -0.1) is 11.8 Å². The molecule has 4 saturated carbocycles. The molecule has 0 radical (unpaired) electrons. The fourth-order valence-electron chi connectivity index (χ4n) is 9.68. The maximum absolute atomic E-state index is 13.3. The van der Waals surface area contributed by atoms with Gasteiger partial charge >= 0.3 is 12.0 Å². The summed E-state index contributed by atoms with van der Waals surface area (Å²) in [6.07, 6.45) is 6.42. The number of amides is 2. The minimum absolute atomic E-state index is 0.0202. The summed E-state index contributed by atoms with van der Waals surface area (Å²) in [5.41, 5.74) is 6.18. The Hall–Kier alpha value is -4.15. The fourth-order valence-corrected chi connectivity index (χ4v) is 10.7. The first kappa shape index (κ1) is 35.9. The van der Waals surface area contributed by atoms with Crippen molar-refractivity contribution in [2.75, 3.05) is 5.75 Å². The monoisotopic (exact) mass is 732 g/mol. The van der Waals surface area contributed by atoms with Gasteiger partial charge in [-0.25, -0.2) is 9.59 Å². The minimum atomic E-state index is -0.943. The number of carboxylic acid groups (broad SMARTS) is 1. The summed E-state index contributed by atoms with van der Waals surface area (Å²) in [6.45, 7) is 2.56. The molecule has 0 aromatic heterocycles. The van der Waals surface area contributed by atoms with Gasteiger partial charge in [-0.3, -0.25) is 0 Å². The smallest absolute Gasteiger partial charge is 0.335 e. The van der Waals surface area contributed by atoms with E-state index in [2.05, 4.69) is 54.0 Å². The summed E-state index contributed by atoms with van der Waals surface area (Å²) in [4.78, 5) is 25.6. The average molecular weight is 733 g/mol. The van der Waals surface area contributed by atoms with Crippen LogP contribution in [0.3, 0.4) is 0 Å². The van der Waals surface area contributed by atoms with Gasteiger partial charge in [0.2, 0.25) is 0 Å². The summed E-state index contributed by atoms with van der Waals surface area (Å²) in [5.74, 6) is 2.07. The lowest BCUT2D eigenvalue weighted by atomic mass is 9.53. The Kier molecular flexibility index (Phi) is 10.4. The van der Waals surface area contributed by atoms with Crippen LogP contribution in [0.1, 0.15) is 90.5 Å². The number of thioether (sulfide) groups is 1. The van der Waals surface area contributed by atoms with E-state index in [1.807, 2.05) is 48.5 Å². The maximum Gasteiger partial charge on any atom is 0.335 e. The zero-order chi connectivity index (χ0) is 36.5. The van der Waals surface area contributed by atoms with Crippen molar-refractivity contribution in [3.63, 3.8) is 0 Å². The zero-order valence-corrected chi connectivity index (χ0v) is 30.9. The number of aliphatic hydroxyl groups excluding tert-OH is 1. The highest BCUT2D eigenvalue weighted by Crippen LogP contribution is 2.55. The van der Waals surface area contributed by atoms with Gasteiger partial charge in [-0.2, -0.15) is 0 Å². The Balaban J connectivity index is 0.961. The zero-order valence-electron chi connectivity index (χ0n) is 30.1. The average Bonchev–Trinajstić information content (AvgIpc) is 3.16. The van der Waals surface area contributed by atoms with Crippen molar-refractivity contribution in [1.29, 1.82) is 0 Å². The molecule has 276 valence electrons. The van der Waals surface area contributed by atoms with Gasteiger partial charge in [0.05, 0.1) is 24.4 Å². The Morgan fingerprint density at radius 3 is 2.09 bits per heavy atom. The number of urea groups is 1. The molecule has 8 nitrogen and oxygen atoms in total. The summed E-state index contributed by atoms with van der Waals surface area (Å²) in [5, 5.41) is 25.5. The standard InChI is InChI=1S/C44H48N2O6S/c1-27-39(26-53-37-16-14-34(15-17-37)41(48)49)51-42(52-40(27)33-8-6-28(25-47)7-9-33)35-12-10-32(11-13-35)38-5-3-2-4-36(38)24-45-43(50)46-44-21-29-18-30(22-44)20-31(19-29)23-44/h2-17,27,29-31,39-40,42,47H,18-26H2,1H3,(H,48,49)(H2,45,46,50). The van der Waals surface area contributed by atoms with Crippen molar-refractivity contribution < 1.29 is 29.3 Å². The SMILES string of the molecule is CC1C(CSc2ccc(C(=O)O)cc2)OC(c2ccc(-c3ccccc3CNC(=O)NC34CC5CC(CC(C5)C3)C4)cc2)OC1c1ccc(CO)cc1. The van der Waals surface area contributed by atoms with Crippen LogP contribution in [0.2, 0.25) is 0 Å². The Labute approximate surface area is 315 Å². The molecule has 0 spiro atoms. The normalized spacial score (nSPS) is 28.8. The maximum atomic E-state index is 13.3. The van der Waals surface area contributed by atoms with Crippen LogP contribution >= 0.6 is 11.8 Å². The number of nitrogens with one attached hydrogen (secondary N) is 2. The van der Waals surface area contributed by atoms with Gasteiger partial charge < -0.3 is 30.3 Å². The third kappa shape index (κ3) is 7.90. The van der Waals surface area contributed by atoms with Crippen molar-refractivity contribution in [3.8, 4) is 11.1 Å². The largest absolute Gasteiger partial charge is 0.478 e. The molecular weight excluding hydrogens is 685 g/mol. The van der Waals surface area contributed by atoms with Gasteiger partial charge in [-0.05, 0) is 108 Å². The van der Waals surface area contributed by atoms with Crippen LogP contribution in [0, 0.1) is 23.7 Å². The molecule has 5 fully saturated rings. The highest BCUT2D eigenvalue weighted by molar-refractivity contribution is 7.99. The first-order valence-corrected chi connectivity index (χ1v) is 19.9. The van der Waals surface area contributed by atoms with E-state index in [0.717, 1.165) is 75.3 Å². The van der Waals surface area contributed by atoms with Crippen molar-refractivity contribution >= 4 is 23.8 Å². The van der Waals surface area contributed by atoms with Crippen LogP contribution in [-0.4, -0.2) is 39.6 Å². The molecule has 2 amide bonds. The van der Waals surface area contributed by atoms with Crippen LogP contribution in [0.4, 0.5) is 4.79 Å². The summed E-state index contributed by atoms with van der Waals surface area (Å²) >= 11 is 1.63. The number of aromatic carboxylic acids is 1. The van der Waals surface area contributed by atoms with Crippen LogP contribution in [0.5, 0.6) is 0 Å². The highest BCUT2D eigenvalue weighted by atomic mass is 32.2. The van der Waals surface area contributed by atoms with Crippen LogP contribution < -0.4 is 10.6 Å². The van der Waals surface area contributed by atoms with E-state index in [9.17, 15) is 19.8 Å². The second kappa shape index (κ2) is 15.3. The van der Waals surface area contributed by atoms with Gasteiger partial charge in [0, 0.05) is 34.2 Å². The van der Waals surface area contributed by atoms with Gasteiger partial charge in [0.25, 0.3) is 0 Å². The molecule has 1 saturated heterocycles. The van der Waals surface area contributed by atoms with Crippen LogP contribution in [-0.2, 0) is 22.6 Å². The third-order valence-corrected chi connectivity index (χ3v) is 13.1. The molecule has 53 heavy (non-hydrogen) atoms. The number of carbonyl (C=O) groups is 2. The van der Waals surface area contributed by atoms with Crippen molar-refractivity contribution in [1.82, 2.24) is 10.6 Å². The number of carboxylic acids is 1. The Morgan fingerprint density at radius 2 is 1.45 bits per heavy atom. The van der Waals surface area contributed by atoms with E-state index >= 15 is 0 Å². The number of benzene rings is 4. The second-order valence-corrected chi connectivity index (χ2v) is 16.8. The van der Waals surface area contributed by atoms with E-state index < -0.39 is 12.3 Å². The fraction of sp³-hybridized carbons (Fsp3) is 0.409. The predicted molar refractivity (Wildman–Crippen MR) is 205 cm³/mol. The molecule has 4 aromatic rings.